The van der Waals surface area contributed by atoms with Crippen LogP contribution in [0, 0.1) is 0 Å². The fraction of sp³-hybridized carbons (Fsp3) is 0.250. The lowest BCUT2D eigenvalue weighted by Crippen LogP contribution is -2.15. The number of nitrogens with zero attached hydrogens (tertiary/aromatic N) is 1. The number of aromatic nitrogens is 1. The normalized spacial score (nSPS) is 21.2. The molecule has 11 heavy (non-hydrogen) atoms. The van der Waals surface area contributed by atoms with Gasteiger partial charge in [-0.2, -0.15) is 0 Å². The second-order valence-corrected chi connectivity index (χ2v) is 2.47. The van der Waals surface area contributed by atoms with E-state index in [0.717, 1.165) is 0 Å². The Bertz CT molecular complexity index is 309. The Morgan fingerprint density at radius 3 is 3.18 bits per heavy atom. The summed E-state index contributed by atoms with van der Waals surface area (Å²) in [5, 5.41) is 0. The third kappa shape index (κ3) is 0.808. The molecule has 0 saturated carbocycles. The lowest BCUT2D eigenvalue weighted by Gasteiger charge is -1.98. The molecule has 3 nitrogen and oxygen atoms in total. The molecule has 1 aliphatic heterocycles. The Balaban J connectivity index is 2.55. The number of ketones is 1. The van der Waals surface area contributed by atoms with Crippen molar-refractivity contribution in [3.8, 4) is 5.75 Å². The Kier molecular flexibility index (Phi) is 1.18. The van der Waals surface area contributed by atoms with Gasteiger partial charge in [0.05, 0.1) is 0 Å². The van der Waals surface area contributed by atoms with Crippen molar-refractivity contribution < 1.29 is 9.53 Å². The van der Waals surface area contributed by atoms with Crippen LogP contribution in [0.4, 0.5) is 0 Å². The molecule has 1 aliphatic rings. The molecule has 0 spiro atoms. The number of carbonyl (C=O) groups excluding carboxylic acids is 1. The maximum absolute atomic E-state index is 11.2. The van der Waals surface area contributed by atoms with Crippen molar-refractivity contribution in [3.05, 3.63) is 24.0 Å². The van der Waals surface area contributed by atoms with Gasteiger partial charge in [0.15, 0.2) is 11.8 Å². The highest BCUT2D eigenvalue weighted by molar-refractivity contribution is 6.02. The van der Waals surface area contributed by atoms with Crippen molar-refractivity contribution in [2.75, 3.05) is 0 Å². The third-order valence-electron chi connectivity index (χ3n) is 1.68. The maximum atomic E-state index is 11.2. The standard InChI is InChI=1S/C8H7NO2/c1-5-8(10)7-6(11-5)3-2-4-9-7/h2-5H,1H3/t5-/m1/s1. The molecule has 2 rings (SSSR count). The van der Waals surface area contributed by atoms with Gasteiger partial charge < -0.3 is 4.74 Å². The molecule has 0 bridgehead atoms. The van der Waals surface area contributed by atoms with Crippen LogP contribution in [0.3, 0.4) is 0 Å². The van der Waals surface area contributed by atoms with Crippen LogP contribution in [-0.2, 0) is 0 Å². The second kappa shape index (κ2) is 2.05. The van der Waals surface area contributed by atoms with Crippen molar-refractivity contribution in [1.29, 1.82) is 0 Å². The van der Waals surface area contributed by atoms with E-state index in [2.05, 4.69) is 4.98 Å². The van der Waals surface area contributed by atoms with E-state index in [-0.39, 0.29) is 11.9 Å². The van der Waals surface area contributed by atoms with Gasteiger partial charge in [0.1, 0.15) is 5.75 Å². The summed E-state index contributed by atoms with van der Waals surface area (Å²) < 4.78 is 5.21. The van der Waals surface area contributed by atoms with Crippen molar-refractivity contribution in [2.45, 2.75) is 13.0 Å². The molecule has 0 aliphatic carbocycles. The van der Waals surface area contributed by atoms with Crippen molar-refractivity contribution in [3.63, 3.8) is 0 Å². The summed E-state index contributed by atoms with van der Waals surface area (Å²) in [4.78, 5) is 15.1. The number of fused-ring (bicyclic) bond motifs is 1. The predicted molar refractivity (Wildman–Crippen MR) is 38.7 cm³/mol. The highest BCUT2D eigenvalue weighted by Gasteiger charge is 2.29. The highest BCUT2D eigenvalue weighted by Crippen LogP contribution is 2.25. The SMILES string of the molecule is C[C@H]1Oc2cccnc2C1=O. The van der Waals surface area contributed by atoms with Crippen LogP contribution in [0.1, 0.15) is 17.4 Å². The summed E-state index contributed by atoms with van der Waals surface area (Å²) in [6, 6.07) is 3.51. The first-order valence-corrected chi connectivity index (χ1v) is 3.45. The quantitative estimate of drug-likeness (QED) is 0.553. The zero-order chi connectivity index (χ0) is 7.84. The number of carbonyl (C=O) groups is 1. The summed E-state index contributed by atoms with van der Waals surface area (Å²) in [5.41, 5.74) is 0.458. The van der Waals surface area contributed by atoms with E-state index in [0.29, 0.717) is 11.4 Å². The number of hydrogen-bond acceptors (Lipinski definition) is 3. The van der Waals surface area contributed by atoms with Crippen LogP contribution >= 0.6 is 0 Å². The van der Waals surface area contributed by atoms with E-state index in [1.54, 1.807) is 25.3 Å². The lowest BCUT2D eigenvalue weighted by molar-refractivity contribution is 0.0876. The summed E-state index contributed by atoms with van der Waals surface area (Å²) in [5.74, 6) is 0.575. The van der Waals surface area contributed by atoms with Crippen molar-refractivity contribution in [2.24, 2.45) is 0 Å². The molecule has 0 saturated heterocycles. The van der Waals surface area contributed by atoms with E-state index in [9.17, 15) is 4.79 Å². The number of pyridine rings is 1. The molecule has 56 valence electrons. The molecular weight excluding hydrogens is 142 g/mol. The molecule has 0 aromatic carbocycles. The van der Waals surface area contributed by atoms with Crippen molar-refractivity contribution in [1.82, 2.24) is 4.98 Å². The van der Waals surface area contributed by atoms with Crippen LogP contribution in [0.2, 0.25) is 0 Å². The van der Waals surface area contributed by atoms with E-state index in [1.807, 2.05) is 0 Å². The van der Waals surface area contributed by atoms with E-state index in [4.69, 9.17) is 4.74 Å². The first kappa shape index (κ1) is 6.34. The lowest BCUT2D eigenvalue weighted by atomic mass is 10.2. The minimum atomic E-state index is -0.361. The van der Waals surface area contributed by atoms with Crippen molar-refractivity contribution >= 4 is 5.78 Å². The van der Waals surface area contributed by atoms with Gasteiger partial charge >= 0.3 is 0 Å². The Morgan fingerprint density at radius 2 is 2.45 bits per heavy atom. The molecule has 0 unspecified atom stereocenters. The van der Waals surface area contributed by atoms with E-state index >= 15 is 0 Å². The van der Waals surface area contributed by atoms with Gasteiger partial charge in [0, 0.05) is 6.20 Å². The predicted octanol–water partition coefficient (Wildman–Crippen LogP) is 1.05. The number of rotatable bonds is 0. The average Bonchev–Trinajstić information content (AvgIpc) is 2.30. The van der Waals surface area contributed by atoms with Crippen LogP contribution in [0.5, 0.6) is 5.75 Å². The van der Waals surface area contributed by atoms with Gasteiger partial charge in [-0.3, -0.25) is 4.79 Å². The van der Waals surface area contributed by atoms with E-state index in [1.165, 1.54) is 0 Å². The van der Waals surface area contributed by atoms with E-state index < -0.39 is 0 Å². The first-order chi connectivity index (χ1) is 5.29. The molecule has 0 N–H and O–H groups in total. The Labute approximate surface area is 64.0 Å². The highest BCUT2D eigenvalue weighted by atomic mass is 16.5. The molecule has 0 amide bonds. The fourth-order valence-electron chi connectivity index (χ4n) is 1.11. The molecular formula is C8H7NO2. The fourth-order valence-corrected chi connectivity index (χ4v) is 1.11. The largest absolute Gasteiger partial charge is 0.480 e. The molecule has 0 fully saturated rings. The Hall–Kier alpha value is -1.38. The van der Waals surface area contributed by atoms with Gasteiger partial charge in [-0.25, -0.2) is 4.98 Å². The average molecular weight is 149 g/mol. The molecule has 1 aromatic rings. The second-order valence-electron chi connectivity index (χ2n) is 2.47. The molecule has 0 radical (unpaired) electrons. The van der Waals surface area contributed by atoms with Gasteiger partial charge in [0.2, 0.25) is 5.78 Å². The first-order valence-electron chi connectivity index (χ1n) is 3.45. The Morgan fingerprint density at radius 1 is 1.64 bits per heavy atom. The molecule has 1 atom stereocenters. The molecule has 1 aromatic heterocycles. The monoisotopic (exact) mass is 149 g/mol. The number of hydrogen-bond donors (Lipinski definition) is 0. The number of ether oxygens (including phenoxy) is 1. The summed E-state index contributed by atoms with van der Waals surface area (Å²) in [6.45, 7) is 1.73. The van der Waals surface area contributed by atoms with Crippen LogP contribution in [0.25, 0.3) is 0 Å². The summed E-state index contributed by atoms with van der Waals surface area (Å²) in [6.07, 6.45) is 1.23. The topological polar surface area (TPSA) is 39.2 Å². The van der Waals surface area contributed by atoms with Gasteiger partial charge in [-0.1, -0.05) is 0 Å². The maximum Gasteiger partial charge on any atom is 0.225 e. The van der Waals surface area contributed by atoms with Crippen LogP contribution < -0.4 is 4.74 Å². The van der Waals surface area contributed by atoms with Crippen LogP contribution in [-0.4, -0.2) is 16.9 Å². The summed E-state index contributed by atoms with van der Waals surface area (Å²) >= 11 is 0. The minimum absolute atomic E-state index is 0.0272. The van der Waals surface area contributed by atoms with Gasteiger partial charge in [-0.05, 0) is 19.1 Å². The number of Topliss-reactive ketones (excluding diaryl/α,β-unsaturated/α-hetero) is 1. The molecule has 3 heteroatoms. The summed E-state index contributed by atoms with van der Waals surface area (Å²) in [7, 11) is 0. The van der Waals surface area contributed by atoms with Gasteiger partial charge in [0.25, 0.3) is 0 Å². The third-order valence-corrected chi connectivity index (χ3v) is 1.68. The van der Waals surface area contributed by atoms with Gasteiger partial charge in [-0.15, -0.1) is 0 Å². The minimum Gasteiger partial charge on any atom is -0.480 e. The smallest absolute Gasteiger partial charge is 0.225 e. The molecule has 2 heterocycles. The zero-order valence-corrected chi connectivity index (χ0v) is 6.07. The van der Waals surface area contributed by atoms with Crippen LogP contribution in [0.15, 0.2) is 18.3 Å². The zero-order valence-electron chi connectivity index (χ0n) is 6.07.